The topological polar surface area (TPSA) is 74.8 Å². The van der Waals surface area contributed by atoms with Gasteiger partial charge in [0.15, 0.2) is 5.96 Å². The lowest BCUT2D eigenvalue weighted by molar-refractivity contribution is -0.114. The van der Waals surface area contributed by atoms with E-state index >= 15 is 0 Å². The fourth-order valence-corrected chi connectivity index (χ4v) is 3.09. The highest BCUT2D eigenvalue weighted by atomic mass is 32.1. The largest absolute Gasteiger partial charge is 0.492 e. The van der Waals surface area contributed by atoms with Crippen LogP contribution in [0.2, 0.25) is 0 Å². The molecule has 0 aliphatic rings. The highest BCUT2D eigenvalue weighted by molar-refractivity contribution is 7.11. The van der Waals surface area contributed by atoms with Gasteiger partial charge in [0.2, 0.25) is 5.91 Å². The second kappa shape index (κ2) is 10.5. The average molecular weight is 375 g/mol. The monoisotopic (exact) mass is 374 g/mol. The molecule has 1 aromatic carbocycles. The van der Waals surface area contributed by atoms with Gasteiger partial charge in [-0.2, -0.15) is 0 Å². The third-order valence-corrected chi connectivity index (χ3v) is 4.34. The van der Waals surface area contributed by atoms with Crippen molar-refractivity contribution in [3.05, 3.63) is 46.2 Å². The smallest absolute Gasteiger partial charge is 0.221 e. The molecule has 140 valence electrons. The molecule has 0 spiro atoms. The van der Waals surface area contributed by atoms with E-state index in [-0.39, 0.29) is 5.91 Å². The molecule has 0 bridgehead atoms. The van der Waals surface area contributed by atoms with Gasteiger partial charge in [-0.3, -0.25) is 4.79 Å². The van der Waals surface area contributed by atoms with Crippen molar-refractivity contribution in [2.24, 2.45) is 4.99 Å². The van der Waals surface area contributed by atoms with Crippen molar-refractivity contribution in [1.82, 2.24) is 10.6 Å². The van der Waals surface area contributed by atoms with Crippen molar-refractivity contribution < 1.29 is 9.53 Å². The van der Waals surface area contributed by atoms with Gasteiger partial charge in [-0.25, -0.2) is 4.99 Å². The molecule has 0 unspecified atom stereocenters. The van der Waals surface area contributed by atoms with E-state index in [2.05, 4.69) is 40.0 Å². The van der Waals surface area contributed by atoms with Gasteiger partial charge in [-0.1, -0.05) is 6.07 Å². The van der Waals surface area contributed by atoms with Crippen LogP contribution >= 0.6 is 11.3 Å². The Morgan fingerprint density at radius 3 is 2.77 bits per heavy atom. The standard InChI is InChI=1S/C19H26N4O2S/c1-4-20-19(22-13-18-9-8-14(2)26-18)21-10-11-25-17-7-5-6-16(12-17)23-15(3)24/h5-9,12H,4,10-11,13H2,1-3H3,(H,23,24)(H2,20,21,22). The lowest BCUT2D eigenvalue weighted by Crippen LogP contribution is -2.39. The normalized spacial score (nSPS) is 11.1. The molecule has 0 saturated carbocycles. The number of benzene rings is 1. The van der Waals surface area contributed by atoms with Gasteiger partial charge >= 0.3 is 0 Å². The van der Waals surface area contributed by atoms with Crippen molar-refractivity contribution in [3.63, 3.8) is 0 Å². The predicted octanol–water partition coefficient (Wildman–Crippen LogP) is 3.15. The number of carbonyl (C=O) groups is 1. The van der Waals surface area contributed by atoms with E-state index in [0.29, 0.717) is 25.4 Å². The van der Waals surface area contributed by atoms with Crippen LogP contribution in [0.5, 0.6) is 5.75 Å². The number of hydrogen-bond acceptors (Lipinski definition) is 4. The fourth-order valence-electron chi connectivity index (χ4n) is 2.27. The molecule has 0 radical (unpaired) electrons. The number of thiophene rings is 1. The SMILES string of the molecule is CCNC(=NCc1ccc(C)s1)NCCOc1cccc(NC(C)=O)c1. The highest BCUT2D eigenvalue weighted by Gasteiger charge is 2.01. The summed E-state index contributed by atoms with van der Waals surface area (Å²) in [6, 6.07) is 11.6. The Balaban J connectivity index is 1.79. The zero-order chi connectivity index (χ0) is 18.8. The highest BCUT2D eigenvalue weighted by Crippen LogP contribution is 2.17. The number of nitrogens with one attached hydrogen (secondary N) is 3. The first-order chi connectivity index (χ1) is 12.6. The zero-order valence-corrected chi connectivity index (χ0v) is 16.3. The average Bonchev–Trinajstić information content (AvgIpc) is 3.01. The molecular weight excluding hydrogens is 348 g/mol. The Bertz CT molecular complexity index is 743. The van der Waals surface area contributed by atoms with E-state index in [1.54, 1.807) is 17.4 Å². The zero-order valence-electron chi connectivity index (χ0n) is 15.5. The molecule has 2 rings (SSSR count). The van der Waals surface area contributed by atoms with E-state index in [0.717, 1.165) is 18.2 Å². The predicted molar refractivity (Wildman–Crippen MR) is 108 cm³/mol. The molecule has 1 heterocycles. The van der Waals surface area contributed by atoms with Crippen LogP contribution in [0.1, 0.15) is 23.6 Å². The number of aryl methyl sites for hydroxylation is 1. The molecule has 0 fully saturated rings. The van der Waals surface area contributed by atoms with Gasteiger partial charge in [0.05, 0.1) is 13.1 Å². The summed E-state index contributed by atoms with van der Waals surface area (Å²) in [4.78, 5) is 18.2. The van der Waals surface area contributed by atoms with Gasteiger partial charge in [0, 0.05) is 35.0 Å². The summed E-state index contributed by atoms with van der Waals surface area (Å²) in [6.07, 6.45) is 0. The van der Waals surface area contributed by atoms with Crippen molar-refractivity contribution in [1.29, 1.82) is 0 Å². The van der Waals surface area contributed by atoms with E-state index in [4.69, 9.17) is 4.74 Å². The second-order valence-corrected chi connectivity index (χ2v) is 7.06. The van der Waals surface area contributed by atoms with Crippen LogP contribution in [-0.4, -0.2) is 31.6 Å². The summed E-state index contributed by atoms with van der Waals surface area (Å²) in [5, 5.41) is 9.23. The molecule has 26 heavy (non-hydrogen) atoms. The van der Waals surface area contributed by atoms with E-state index < -0.39 is 0 Å². The Morgan fingerprint density at radius 1 is 1.23 bits per heavy atom. The number of amides is 1. The van der Waals surface area contributed by atoms with E-state index in [1.807, 2.05) is 25.1 Å². The number of ether oxygens (including phenoxy) is 1. The molecule has 0 aliphatic heterocycles. The number of anilines is 1. The van der Waals surface area contributed by atoms with Gasteiger partial charge in [-0.15, -0.1) is 11.3 Å². The summed E-state index contributed by atoms with van der Waals surface area (Å²) < 4.78 is 5.73. The number of aliphatic imine (C=N–C) groups is 1. The number of carbonyl (C=O) groups excluding carboxylic acids is 1. The second-order valence-electron chi connectivity index (χ2n) is 5.69. The number of guanidine groups is 1. The van der Waals surface area contributed by atoms with Crippen LogP contribution in [0.3, 0.4) is 0 Å². The first-order valence-electron chi connectivity index (χ1n) is 8.64. The van der Waals surface area contributed by atoms with Crippen molar-refractivity contribution in [2.45, 2.75) is 27.3 Å². The first kappa shape index (κ1) is 19.8. The maximum atomic E-state index is 11.1. The molecule has 0 saturated heterocycles. The molecule has 0 aliphatic carbocycles. The van der Waals surface area contributed by atoms with Gasteiger partial charge in [0.1, 0.15) is 12.4 Å². The first-order valence-corrected chi connectivity index (χ1v) is 9.46. The minimum Gasteiger partial charge on any atom is -0.492 e. The van der Waals surface area contributed by atoms with Crippen LogP contribution in [0.4, 0.5) is 5.69 Å². The lowest BCUT2D eigenvalue weighted by atomic mass is 10.3. The maximum absolute atomic E-state index is 11.1. The van der Waals surface area contributed by atoms with Crippen LogP contribution in [0.15, 0.2) is 41.4 Å². The fraction of sp³-hybridized carbons (Fsp3) is 0.368. The Kier molecular flexibility index (Phi) is 7.95. The van der Waals surface area contributed by atoms with Gasteiger partial charge in [0.25, 0.3) is 0 Å². The third-order valence-electron chi connectivity index (χ3n) is 3.35. The molecule has 0 atom stereocenters. The maximum Gasteiger partial charge on any atom is 0.221 e. The quantitative estimate of drug-likeness (QED) is 0.377. The number of hydrogen-bond donors (Lipinski definition) is 3. The Labute approximate surface area is 158 Å². The van der Waals surface area contributed by atoms with Crippen LogP contribution in [-0.2, 0) is 11.3 Å². The Hall–Kier alpha value is -2.54. The van der Waals surface area contributed by atoms with Crippen molar-refractivity contribution in [3.8, 4) is 5.75 Å². The summed E-state index contributed by atoms with van der Waals surface area (Å²) in [5.74, 6) is 1.39. The minimum absolute atomic E-state index is 0.101. The van der Waals surface area contributed by atoms with Crippen LogP contribution in [0, 0.1) is 6.92 Å². The number of rotatable bonds is 8. The van der Waals surface area contributed by atoms with Gasteiger partial charge < -0.3 is 20.7 Å². The molecule has 7 heteroatoms. The lowest BCUT2D eigenvalue weighted by Gasteiger charge is -2.12. The summed E-state index contributed by atoms with van der Waals surface area (Å²) in [5.41, 5.74) is 0.726. The van der Waals surface area contributed by atoms with Crippen LogP contribution in [0.25, 0.3) is 0 Å². The van der Waals surface area contributed by atoms with Crippen LogP contribution < -0.4 is 20.7 Å². The summed E-state index contributed by atoms with van der Waals surface area (Å²) >= 11 is 1.76. The summed E-state index contributed by atoms with van der Waals surface area (Å²) in [6.45, 7) is 8.20. The van der Waals surface area contributed by atoms with E-state index in [9.17, 15) is 4.79 Å². The molecule has 1 aromatic heterocycles. The molecule has 1 amide bonds. The minimum atomic E-state index is -0.101. The molecule has 6 nitrogen and oxygen atoms in total. The van der Waals surface area contributed by atoms with Crippen molar-refractivity contribution >= 4 is 28.9 Å². The Morgan fingerprint density at radius 2 is 2.08 bits per heavy atom. The number of nitrogens with zero attached hydrogens (tertiary/aromatic N) is 1. The molecule has 2 aromatic rings. The molecule has 3 N–H and O–H groups in total. The molecular formula is C19H26N4O2S. The summed E-state index contributed by atoms with van der Waals surface area (Å²) in [7, 11) is 0. The third kappa shape index (κ3) is 7.14. The van der Waals surface area contributed by atoms with Crippen molar-refractivity contribution in [2.75, 3.05) is 25.0 Å². The van der Waals surface area contributed by atoms with E-state index in [1.165, 1.54) is 16.7 Å². The van der Waals surface area contributed by atoms with Gasteiger partial charge in [-0.05, 0) is 38.1 Å².